The Hall–Kier alpha value is -2.08. The number of benzene rings is 1. The van der Waals surface area contributed by atoms with Crippen molar-refractivity contribution in [1.82, 2.24) is 4.98 Å². The van der Waals surface area contributed by atoms with Crippen molar-refractivity contribution in [3.8, 4) is 0 Å². The second-order valence-corrected chi connectivity index (χ2v) is 8.53. The third-order valence-electron chi connectivity index (χ3n) is 5.91. The molecule has 1 saturated heterocycles. The third-order valence-corrected chi connectivity index (χ3v) is 5.91. The minimum atomic E-state index is -1.23. The fourth-order valence-corrected chi connectivity index (χ4v) is 4.37. The molecule has 2 aromatic rings. The van der Waals surface area contributed by atoms with Crippen LogP contribution in [-0.2, 0) is 16.0 Å². The van der Waals surface area contributed by atoms with Gasteiger partial charge in [-0.1, -0.05) is 0 Å². The number of hydrogen-bond acceptors (Lipinski definition) is 4. The predicted molar refractivity (Wildman–Crippen MR) is 105 cm³/mol. The monoisotopic (exact) mass is 388 g/mol. The van der Waals surface area contributed by atoms with Gasteiger partial charge < -0.3 is 10.1 Å². The molecular formula is C22H26F2N2O2. The summed E-state index contributed by atoms with van der Waals surface area (Å²) >= 11 is 0. The van der Waals surface area contributed by atoms with Crippen LogP contribution in [0, 0.1) is 11.7 Å². The maximum absolute atomic E-state index is 13.9. The van der Waals surface area contributed by atoms with E-state index in [1.165, 1.54) is 19.1 Å². The van der Waals surface area contributed by atoms with Crippen LogP contribution in [0.15, 0.2) is 24.4 Å². The Morgan fingerprint density at radius 2 is 2.18 bits per heavy atom. The number of carbonyl (C=O) groups is 1. The van der Waals surface area contributed by atoms with E-state index in [9.17, 15) is 13.6 Å². The topological polar surface area (TPSA) is 51.2 Å². The van der Waals surface area contributed by atoms with Gasteiger partial charge in [0.2, 0.25) is 0 Å². The molecule has 4 rings (SSSR count). The van der Waals surface area contributed by atoms with Crippen LogP contribution >= 0.6 is 0 Å². The Bertz CT molecular complexity index is 891. The Balaban J connectivity index is 1.64. The molecule has 0 radical (unpaired) electrons. The number of ketones is 1. The summed E-state index contributed by atoms with van der Waals surface area (Å²) in [6.07, 6.45) is 4.27. The van der Waals surface area contributed by atoms with Crippen LogP contribution in [0.3, 0.4) is 0 Å². The van der Waals surface area contributed by atoms with Crippen molar-refractivity contribution >= 4 is 22.4 Å². The number of pyridine rings is 1. The van der Waals surface area contributed by atoms with Crippen molar-refractivity contribution in [2.45, 2.75) is 63.8 Å². The fourth-order valence-electron chi connectivity index (χ4n) is 4.37. The highest BCUT2D eigenvalue weighted by molar-refractivity contribution is 5.95. The first-order chi connectivity index (χ1) is 13.3. The van der Waals surface area contributed by atoms with Crippen LogP contribution in [0.2, 0.25) is 0 Å². The number of nitrogens with zero attached hydrogens (tertiary/aromatic N) is 1. The number of anilines is 1. The number of rotatable bonds is 5. The largest absolute Gasteiger partial charge is 0.381 e. The molecule has 1 aromatic heterocycles. The van der Waals surface area contributed by atoms with Crippen molar-refractivity contribution < 1.29 is 18.3 Å². The van der Waals surface area contributed by atoms with Gasteiger partial charge in [-0.05, 0) is 57.7 Å². The molecule has 1 saturated carbocycles. The molecule has 1 aliphatic heterocycles. The lowest BCUT2D eigenvalue weighted by atomic mass is 9.70. The van der Waals surface area contributed by atoms with Gasteiger partial charge in [0.05, 0.1) is 11.6 Å². The van der Waals surface area contributed by atoms with E-state index in [4.69, 9.17) is 4.74 Å². The normalized spacial score (nSPS) is 30.1. The molecule has 2 atom stereocenters. The Labute approximate surface area is 163 Å². The molecule has 150 valence electrons. The first kappa shape index (κ1) is 19.2. The molecule has 2 fully saturated rings. The van der Waals surface area contributed by atoms with Crippen LogP contribution < -0.4 is 5.32 Å². The van der Waals surface area contributed by atoms with Gasteiger partial charge in [-0.2, -0.15) is 0 Å². The molecule has 2 aliphatic rings. The summed E-state index contributed by atoms with van der Waals surface area (Å²) < 4.78 is 33.4. The lowest BCUT2D eigenvalue weighted by Gasteiger charge is -2.37. The van der Waals surface area contributed by atoms with Crippen LogP contribution in [-0.4, -0.2) is 35.2 Å². The minimum absolute atomic E-state index is 0.0241. The lowest BCUT2D eigenvalue weighted by molar-refractivity contribution is -0.130. The number of carbonyl (C=O) groups excluding carboxylic acids is 1. The zero-order valence-electron chi connectivity index (χ0n) is 16.3. The van der Waals surface area contributed by atoms with E-state index in [1.54, 1.807) is 12.3 Å². The fraction of sp³-hybridized carbons (Fsp3) is 0.545. The molecular weight excluding hydrogens is 362 g/mol. The number of aromatic nitrogens is 1. The van der Waals surface area contributed by atoms with Gasteiger partial charge in [0, 0.05) is 47.8 Å². The number of hydrogen-bond donors (Lipinski definition) is 1. The molecule has 0 spiro atoms. The highest BCUT2D eigenvalue weighted by atomic mass is 19.1. The highest BCUT2D eigenvalue weighted by Crippen LogP contribution is 2.42. The van der Waals surface area contributed by atoms with E-state index in [0.717, 1.165) is 24.1 Å². The Kier molecular flexibility index (Phi) is 5.08. The molecule has 1 N–H and O–H groups in total. The number of Topliss-reactive ketones (excluding diaryl/α,β-unsaturated/α-hetero) is 1. The summed E-state index contributed by atoms with van der Waals surface area (Å²) in [7, 11) is 0. The van der Waals surface area contributed by atoms with E-state index in [0.29, 0.717) is 17.5 Å². The average molecular weight is 388 g/mol. The predicted octanol–water partition coefficient (Wildman–Crippen LogP) is 4.60. The van der Waals surface area contributed by atoms with Crippen molar-refractivity contribution in [1.29, 1.82) is 0 Å². The molecule has 0 bridgehead atoms. The number of ether oxygens (including phenoxy) is 1. The second kappa shape index (κ2) is 7.39. The lowest BCUT2D eigenvalue weighted by Crippen LogP contribution is -2.41. The first-order valence-electron chi connectivity index (χ1n) is 9.98. The average Bonchev–Trinajstić information content (AvgIpc) is 2.61. The summed E-state index contributed by atoms with van der Waals surface area (Å²) in [5, 5.41) is 4.21. The molecule has 6 heteroatoms. The summed E-state index contributed by atoms with van der Waals surface area (Å²) in [5.41, 5.74) is 0.957. The summed E-state index contributed by atoms with van der Waals surface area (Å²) in [6.45, 7) is 4.24. The Morgan fingerprint density at radius 3 is 2.89 bits per heavy atom. The molecule has 28 heavy (non-hydrogen) atoms. The van der Waals surface area contributed by atoms with Gasteiger partial charge in [0.1, 0.15) is 17.3 Å². The third kappa shape index (κ3) is 4.02. The smallest absolute Gasteiger partial charge is 0.140 e. The maximum Gasteiger partial charge on any atom is 0.140 e. The highest BCUT2D eigenvalue weighted by Gasteiger charge is 2.44. The summed E-state index contributed by atoms with van der Waals surface area (Å²) in [6, 6.07) is 4.68. The quantitative estimate of drug-likeness (QED) is 0.813. The zero-order valence-corrected chi connectivity index (χ0v) is 16.3. The molecule has 1 aromatic carbocycles. The van der Waals surface area contributed by atoms with Gasteiger partial charge in [0.15, 0.2) is 0 Å². The van der Waals surface area contributed by atoms with E-state index >= 15 is 0 Å². The summed E-state index contributed by atoms with van der Waals surface area (Å²) in [4.78, 5) is 17.1. The maximum atomic E-state index is 13.9. The standard InChI is InChI=1S/C22H26F2N2O2/c1-13-7-17(5-6-28-13)26-21-14(8-20(27)15-10-22(2,24)11-15)12-25-19-4-3-16(23)9-18(19)21/h3-4,9,12-13,15,17H,5-8,10-11H2,1-2H3,(H,25,26)/t13-,15?,17?,22?/m1/s1. The number of fused-ring (bicyclic) bond motifs is 1. The van der Waals surface area contributed by atoms with E-state index in [1.807, 2.05) is 6.92 Å². The minimum Gasteiger partial charge on any atom is -0.381 e. The van der Waals surface area contributed by atoms with Crippen molar-refractivity contribution in [2.24, 2.45) is 5.92 Å². The van der Waals surface area contributed by atoms with Crippen LogP contribution in [0.4, 0.5) is 14.5 Å². The number of alkyl halides is 1. The van der Waals surface area contributed by atoms with Crippen molar-refractivity contribution in [3.05, 3.63) is 35.8 Å². The molecule has 1 aliphatic carbocycles. The van der Waals surface area contributed by atoms with Crippen molar-refractivity contribution in [2.75, 3.05) is 11.9 Å². The van der Waals surface area contributed by atoms with Crippen LogP contribution in [0.1, 0.15) is 45.1 Å². The van der Waals surface area contributed by atoms with Crippen molar-refractivity contribution in [3.63, 3.8) is 0 Å². The Morgan fingerprint density at radius 1 is 1.39 bits per heavy atom. The molecule has 0 amide bonds. The number of nitrogens with one attached hydrogen (secondary N) is 1. The van der Waals surface area contributed by atoms with E-state index in [-0.39, 0.29) is 48.9 Å². The van der Waals surface area contributed by atoms with Crippen LogP contribution in [0.25, 0.3) is 10.9 Å². The molecule has 1 unspecified atom stereocenters. The van der Waals surface area contributed by atoms with Gasteiger partial charge >= 0.3 is 0 Å². The van der Waals surface area contributed by atoms with Gasteiger partial charge in [-0.3, -0.25) is 9.78 Å². The SMILES string of the molecule is C[C@@H]1CC(Nc2c(CC(=O)C3CC(C)(F)C3)cnc3ccc(F)cc23)CCO1. The summed E-state index contributed by atoms with van der Waals surface area (Å²) in [5.74, 6) is -0.557. The van der Waals surface area contributed by atoms with Gasteiger partial charge in [-0.15, -0.1) is 0 Å². The molecule has 2 heterocycles. The first-order valence-corrected chi connectivity index (χ1v) is 9.98. The van der Waals surface area contributed by atoms with Crippen LogP contribution in [0.5, 0.6) is 0 Å². The van der Waals surface area contributed by atoms with Gasteiger partial charge in [0.25, 0.3) is 0 Å². The number of halogens is 2. The molecule has 4 nitrogen and oxygen atoms in total. The van der Waals surface area contributed by atoms with Gasteiger partial charge in [-0.25, -0.2) is 8.78 Å². The van der Waals surface area contributed by atoms with E-state index in [2.05, 4.69) is 10.3 Å². The zero-order chi connectivity index (χ0) is 19.9. The second-order valence-electron chi connectivity index (χ2n) is 8.53. The van der Waals surface area contributed by atoms with E-state index < -0.39 is 5.67 Å².